The first-order chi connectivity index (χ1) is 6.74. The maximum atomic E-state index is 5.23. The van der Waals surface area contributed by atoms with Gasteiger partial charge >= 0.3 is 0 Å². The van der Waals surface area contributed by atoms with Crippen molar-refractivity contribution in [3.8, 4) is 5.75 Å². The Labute approximate surface area is 93.1 Å². The summed E-state index contributed by atoms with van der Waals surface area (Å²) in [6, 6.07) is 7.97. The zero-order valence-electron chi connectivity index (χ0n) is 8.22. The average Bonchev–Trinajstić information content (AvgIpc) is 2.18. The SMILES string of the molecule is C=C(Br)CNCc1ccccc1OC. The fourth-order valence-electron chi connectivity index (χ4n) is 1.18. The van der Waals surface area contributed by atoms with Crippen molar-refractivity contribution in [1.82, 2.24) is 5.32 Å². The van der Waals surface area contributed by atoms with Gasteiger partial charge in [0.05, 0.1) is 7.11 Å². The van der Waals surface area contributed by atoms with E-state index in [-0.39, 0.29) is 0 Å². The van der Waals surface area contributed by atoms with Gasteiger partial charge < -0.3 is 10.1 Å². The minimum atomic E-state index is 0.762. The predicted molar refractivity (Wildman–Crippen MR) is 62.8 cm³/mol. The molecule has 14 heavy (non-hydrogen) atoms. The summed E-state index contributed by atoms with van der Waals surface area (Å²) in [7, 11) is 1.68. The van der Waals surface area contributed by atoms with E-state index in [0.717, 1.165) is 28.9 Å². The van der Waals surface area contributed by atoms with E-state index in [1.54, 1.807) is 7.11 Å². The summed E-state index contributed by atoms with van der Waals surface area (Å²) in [6.07, 6.45) is 0. The zero-order valence-corrected chi connectivity index (χ0v) is 9.80. The van der Waals surface area contributed by atoms with Gasteiger partial charge in [-0.1, -0.05) is 40.7 Å². The number of para-hydroxylation sites is 1. The Hall–Kier alpha value is -0.800. The third-order valence-electron chi connectivity index (χ3n) is 1.82. The Morgan fingerprint density at radius 3 is 2.86 bits per heavy atom. The van der Waals surface area contributed by atoms with E-state index in [2.05, 4.69) is 27.8 Å². The summed E-state index contributed by atoms with van der Waals surface area (Å²) < 4.78 is 6.18. The molecule has 1 rings (SSSR count). The molecule has 0 aliphatic rings. The molecule has 3 heteroatoms. The summed E-state index contributed by atoms with van der Waals surface area (Å²) >= 11 is 3.30. The van der Waals surface area contributed by atoms with Crippen molar-refractivity contribution in [3.05, 3.63) is 40.9 Å². The Morgan fingerprint density at radius 1 is 1.50 bits per heavy atom. The number of ether oxygens (including phenoxy) is 1. The summed E-state index contributed by atoms with van der Waals surface area (Å²) in [5.74, 6) is 0.917. The van der Waals surface area contributed by atoms with Crippen LogP contribution in [-0.2, 0) is 6.54 Å². The van der Waals surface area contributed by atoms with E-state index in [1.807, 2.05) is 24.3 Å². The zero-order chi connectivity index (χ0) is 10.4. The third-order valence-corrected chi connectivity index (χ3v) is 2.11. The minimum absolute atomic E-state index is 0.762. The lowest BCUT2D eigenvalue weighted by atomic mass is 10.2. The van der Waals surface area contributed by atoms with Crippen molar-refractivity contribution in [3.63, 3.8) is 0 Å². The highest BCUT2D eigenvalue weighted by atomic mass is 79.9. The van der Waals surface area contributed by atoms with Crippen molar-refractivity contribution < 1.29 is 4.74 Å². The molecule has 0 atom stereocenters. The normalized spacial score (nSPS) is 9.86. The highest BCUT2D eigenvalue weighted by Gasteiger charge is 1.99. The van der Waals surface area contributed by atoms with Crippen molar-refractivity contribution in [2.24, 2.45) is 0 Å². The number of methoxy groups -OCH3 is 1. The van der Waals surface area contributed by atoms with Crippen molar-refractivity contribution in [2.45, 2.75) is 6.54 Å². The molecule has 76 valence electrons. The number of hydrogen-bond acceptors (Lipinski definition) is 2. The Balaban J connectivity index is 2.53. The van der Waals surface area contributed by atoms with Gasteiger partial charge in [-0.3, -0.25) is 0 Å². The molecule has 1 N–H and O–H groups in total. The standard InChI is InChI=1S/C11H14BrNO/c1-9(12)7-13-8-10-5-3-4-6-11(10)14-2/h3-6,13H,1,7-8H2,2H3. The van der Waals surface area contributed by atoms with Crippen LogP contribution in [0.1, 0.15) is 5.56 Å². The average molecular weight is 256 g/mol. The van der Waals surface area contributed by atoms with Gasteiger partial charge in [0.1, 0.15) is 5.75 Å². The topological polar surface area (TPSA) is 21.3 Å². The Kier molecular flexibility index (Phi) is 4.70. The molecule has 0 amide bonds. The van der Waals surface area contributed by atoms with Gasteiger partial charge in [0.25, 0.3) is 0 Å². The lowest BCUT2D eigenvalue weighted by molar-refractivity contribution is 0.408. The maximum Gasteiger partial charge on any atom is 0.123 e. The maximum absolute atomic E-state index is 5.23. The van der Waals surface area contributed by atoms with Crippen LogP contribution in [0.4, 0.5) is 0 Å². The van der Waals surface area contributed by atoms with Crippen LogP contribution < -0.4 is 10.1 Å². The van der Waals surface area contributed by atoms with Crippen LogP contribution in [0.3, 0.4) is 0 Å². The van der Waals surface area contributed by atoms with Gasteiger partial charge in [0.15, 0.2) is 0 Å². The lowest BCUT2D eigenvalue weighted by Crippen LogP contribution is -2.14. The molecule has 0 aliphatic carbocycles. The van der Waals surface area contributed by atoms with Crippen LogP contribution in [0.2, 0.25) is 0 Å². The molecule has 0 unspecified atom stereocenters. The quantitative estimate of drug-likeness (QED) is 0.874. The van der Waals surface area contributed by atoms with Crippen molar-refractivity contribution >= 4 is 15.9 Å². The number of rotatable bonds is 5. The van der Waals surface area contributed by atoms with E-state index in [1.165, 1.54) is 0 Å². The van der Waals surface area contributed by atoms with Crippen LogP contribution in [-0.4, -0.2) is 13.7 Å². The molecule has 0 bridgehead atoms. The minimum Gasteiger partial charge on any atom is -0.496 e. The molecule has 0 aromatic heterocycles. The van der Waals surface area contributed by atoms with Crippen molar-refractivity contribution in [1.29, 1.82) is 0 Å². The molecule has 1 aromatic carbocycles. The molecule has 0 aliphatic heterocycles. The van der Waals surface area contributed by atoms with E-state index in [4.69, 9.17) is 4.74 Å². The van der Waals surface area contributed by atoms with Gasteiger partial charge in [-0.2, -0.15) is 0 Å². The molecular weight excluding hydrogens is 242 g/mol. The third kappa shape index (κ3) is 3.52. The fraction of sp³-hybridized carbons (Fsp3) is 0.273. The number of nitrogens with one attached hydrogen (secondary N) is 1. The molecule has 0 saturated carbocycles. The number of halogens is 1. The van der Waals surface area contributed by atoms with Crippen LogP contribution in [0.25, 0.3) is 0 Å². The van der Waals surface area contributed by atoms with Gasteiger partial charge in [-0.15, -0.1) is 0 Å². The van der Waals surface area contributed by atoms with Gasteiger partial charge in [0.2, 0.25) is 0 Å². The molecule has 0 fully saturated rings. The van der Waals surface area contributed by atoms with Crippen LogP contribution in [0.15, 0.2) is 35.3 Å². The van der Waals surface area contributed by atoms with Crippen LogP contribution in [0.5, 0.6) is 5.75 Å². The summed E-state index contributed by atoms with van der Waals surface area (Å²) in [6.45, 7) is 5.30. The molecule has 0 saturated heterocycles. The molecule has 0 heterocycles. The van der Waals surface area contributed by atoms with Crippen LogP contribution >= 0.6 is 15.9 Å². The van der Waals surface area contributed by atoms with E-state index in [0.29, 0.717) is 0 Å². The Morgan fingerprint density at radius 2 is 2.21 bits per heavy atom. The molecule has 2 nitrogen and oxygen atoms in total. The predicted octanol–water partition coefficient (Wildman–Crippen LogP) is 2.69. The molecule has 1 aromatic rings. The summed E-state index contributed by atoms with van der Waals surface area (Å²) in [4.78, 5) is 0. The van der Waals surface area contributed by atoms with E-state index >= 15 is 0 Å². The number of hydrogen-bond donors (Lipinski definition) is 1. The summed E-state index contributed by atoms with van der Waals surface area (Å²) in [5, 5.41) is 3.25. The van der Waals surface area contributed by atoms with Crippen molar-refractivity contribution in [2.75, 3.05) is 13.7 Å². The first-order valence-corrected chi connectivity index (χ1v) is 5.19. The van der Waals surface area contributed by atoms with Gasteiger partial charge in [-0.25, -0.2) is 0 Å². The molecule has 0 radical (unpaired) electrons. The van der Waals surface area contributed by atoms with E-state index in [9.17, 15) is 0 Å². The first kappa shape index (κ1) is 11.3. The Bertz CT molecular complexity index is 312. The lowest BCUT2D eigenvalue weighted by Gasteiger charge is -2.08. The number of benzene rings is 1. The fourth-order valence-corrected chi connectivity index (χ4v) is 1.38. The van der Waals surface area contributed by atoms with E-state index < -0.39 is 0 Å². The van der Waals surface area contributed by atoms with Gasteiger partial charge in [0, 0.05) is 23.1 Å². The second-order valence-corrected chi connectivity index (χ2v) is 4.05. The second kappa shape index (κ2) is 5.83. The largest absolute Gasteiger partial charge is 0.496 e. The second-order valence-electron chi connectivity index (χ2n) is 2.93. The first-order valence-electron chi connectivity index (χ1n) is 4.40. The highest BCUT2D eigenvalue weighted by Crippen LogP contribution is 2.16. The highest BCUT2D eigenvalue weighted by molar-refractivity contribution is 9.11. The van der Waals surface area contributed by atoms with Gasteiger partial charge in [-0.05, 0) is 6.07 Å². The van der Waals surface area contributed by atoms with Crippen LogP contribution in [0, 0.1) is 0 Å². The smallest absolute Gasteiger partial charge is 0.123 e. The molecule has 0 spiro atoms. The monoisotopic (exact) mass is 255 g/mol. The summed E-state index contributed by atoms with van der Waals surface area (Å²) in [5.41, 5.74) is 1.16. The molecular formula is C11H14BrNO.